The van der Waals surface area contributed by atoms with E-state index in [2.05, 4.69) is 26.1 Å². The first-order valence-electron chi connectivity index (χ1n) is 6.36. The molecule has 18 heavy (non-hydrogen) atoms. The second kappa shape index (κ2) is 6.69. The minimum atomic E-state index is -0.371. The molecule has 2 nitrogen and oxygen atoms in total. The summed E-state index contributed by atoms with van der Waals surface area (Å²) in [7, 11) is 0. The number of rotatable bonds is 6. The zero-order valence-corrected chi connectivity index (χ0v) is 12.0. The first-order valence-corrected chi connectivity index (χ1v) is 6.76. The van der Waals surface area contributed by atoms with E-state index in [0.29, 0.717) is 17.2 Å². The SMILES string of the molecule is CCC(CC)C(C)Nc1cccc(F)c1C(N)=S. The number of anilines is 1. The molecule has 0 spiro atoms. The Labute approximate surface area is 114 Å². The van der Waals surface area contributed by atoms with Gasteiger partial charge in [0.1, 0.15) is 10.8 Å². The summed E-state index contributed by atoms with van der Waals surface area (Å²) in [6.45, 7) is 6.42. The molecular formula is C14H21FN2S. The van der Waals surface area contributed by atoms with Crippen LogP contribution in [-0.4, -0.2) is 11.0 Å². The smallest absolute Gasteiger partial charge is 0.135 e. The van der Waals surface area contributed by atoms with E-state index >= 15 is 0 Å². The standard InChI is InChI=1S/C14H21FN2S/c1-4-10(5-2)9(3)17-12-8-6-7-11(15)13(12)14(16)18/h6-10,17H,4-5H2,1-3H3,(H2,16,18). The van der Waals surface area contributed by atoms with Gasteiger partial charge in [0.15, 0.2) is 0 Å². The maximum Gasteiger partial charge on any atom is 0.135 e. The third-order valence-electron chi connectivity index (χ3n) is 3.40. The Morgan fingerprint density at radius 3 is 2.50 bits per heavy atom. The van der Waals surface area contributed by atoms with Gasteiger partial charge in [0.25, 0.3) is 0 Å². The largest absolute Gasteiger partial charge is 0.389 e. The zero-order chi connectivity index (χ0) is 13.7. The Bertz CT molecular complexity index is 416. The Hall–Kier alpha value is -1.16. The van der Waals surface area contributed by atoms with Crippen LogP contribution >= 0.6 is 12.2 Å². The van der Waals surface area contributed by atoms with Crippen LogP contribution in [0.4, 0.5) is 10.1 Å². The van der Waals surface area contributed by atoms with Crippen molar-refractivity contribution in [2.24, 2.45) is 11.7 Å². The fraction of sp³-hybridized carbons (Fsp3) is 0.500. The highest BCUT2D eigenvalue weighted by atomic mass is 32.1. The Balaban J connectivity index is 2.97. The Kier molecular flexibility index (Phi) is 5.54. The zero-order valence-electron chi connectivity index (χ0n) is 11.2. The molecule has 0 amide bonds. The summed E-state index contributed by atoms with van der Waals surface area (Å²) < 4.78 is 13.7. The van der Waals surface area contributed by atoms with Gasteiger partial charge in [0, 0.05) is 11.7 Å². The lowest BCUT2D eigenvalue weighted by molar-refractivity contribution is 0.437. The highest BCUT2D eigenvalue weighted by molar-refractivity contribution is 7.80. The van der Waals surface area contributed by atoms with Crippen molar-refractivity contribution in [3.05, 3.63) is 29.6 Å². The molecule has 1 unspecified atom stereocenters. The van der Waals surface area contributed by atoms with E-state index in [9.17, 15) is 4.39 Å². The van der Waals surface area contributed by atoms with Crippen LogP contribution in [0.15, 0.2) is 18.2 Å². The van der Waals surface area contributed by atoms with Crippen LogP contribution in [0.1, 0.15) is 39.2 Å². The molecule has 0 fully saturated rings. The third-order valence-corrected chi connectivity index (χ3v) is 3.60. The highest BCUT2D eigenvalue weighted by Gasteiger charge is 2.17. The molecule has 0 aliphatic heterocycles. The van der Waals surface area contributed by atoms with Gasteiger partial charge in [0.05, 0.1) is 5.56 Å². The van der Waals surface area contributed by atoms with Gasteiger partial charge >= 0.3 is 0 Å². The van der Waals surface area contributed by atoms with Crippen molar-refractivity contribution >= 4 is 22.9 Å². The Morgan fingerprint density at radius 2 is 2.00 bits per heavy atom. The summed E-state index contributed by atoms with van der Waals surface area (Å²) in [5.74, 6) is 0.178. The summed E-state index contributed by atoms with van der Waals surface area (Å²) in [4.78, 5) is 0.0901. The average molecular weight is 268 g/mol. The van der Waals surface area contributed by atoms with Crippen molar-refractivity contribution in [3.63, 3.8) is 0 Å². The molecule has 0 aliphatic rings. The summed E-state index contributed by atoms with van der Waals surface area (Å²) in [5, 5.41) is 3.33. The number of halogens is 1. The number of benzene rings is 1. The summed E-state index contributed by atoms with van der Waals surface area (Å²) in [6, 6.07) is 5.12. The average Bonchev–Trinajstić information content (AvgIpc) is 2.30. The van der Waals surface area contributed by atoms with Crippen molar-refractivity contribution in [3.8, 4) is 0 Å². The Morgan fingerprint density at radius 1 is 1.39 bits per heavy atom. The van der Waals surface area contributed by atoms with E-state index < -0.39 is 0 Å². The first kappa shape index (κ1) is 14.9. The predicted octanol–water partition coefficient (Wildman–Crippen LogP) is 3.70. The van der Waals surface area contributed by atoms with Gasteiger partial charge in [-0.2, -0.15) is 0 Å². The van der Waals surface area contributed by atoms with Crippen LogP contribution in [0.2, 0.25) is 0 Å². The molecule has 0 saturated heterocycles. The fourth-order valence-electron chi connectivity index (χ4n) is 2.25. The van der Waals surface area contributed by atoms with Gasteiger partial charge in [-0.25, -0.2) is 4.39 Å². The van der Waals surface area contributed by atoms with Crippen LogP contribution in [0.25, 0.3) is 0 Å². The van der Waals surface area contributed by atoms with E-state index in [0.717, 1.165) is 12.8 Å². The highest BCUT2D eigenvalue weighted by Crippen LogP contribution is 2.23. The molecule has 1 aromatic rings. The van der Waals surface area contributed by atoms with Crippen LogP contribution in [0.3, 0.4) is 0 Å². The third kappa shape index (κ3) is 3.42. The van der Waals surface area contributed by atoms with E-state index in [1.807, 2.05) is 6.07 Å². The molecule has 0 bridgehead atoms. The van der Waals surface area contributed by atoms with Crippen LogP contribution in [0.5, 0.6) is 0 Å². The van der Waals surface area contributed by atoms with E-state index in [1.54, 1.807) is 6.07 Å². The van der Waals surface area contributed by atoms with Crippen molar-refractivity contribution in [2.45, 2.75) is 39.7 Å². The van der Waals surface area contributed by atoms with E-state index in [-0.39, 0.29) is 16.8 Å². The maximum absolute atomic E-state index is 13.7. The van der Waals surface area contributed by atoms with Crippen molar-refractivity contribution < 1.29 is 4.39 Å². The van der Waals surface area contributed by atoms with Crippen molar-refractivity contribution in [2.75, 3.05) is 5.32 Å². The molecule has 3 N–H and O–H groups in total. The van der Waals surface area contributed by atoms with Crippen molar-refractivity contribution in [1.29, 1.82) is 0 Å². The lowest BCUT2D eigenvalue weighted by Gasteiger charge is -2.25. The van der Waals surface area contributed by atoms with Crippen LogP contribution < -0.4 is 11.1 Å². The molecule has 1 atom stereocenters. The molecule has 1 rings (SSSR count). The minimum absolute atomic E-state index is 0.0901. The van der Waals surface area contributed by atoms with E-state index in [1.165, 1.54) is 6.07 Å². The molecule has 0 radical (unpaired) electrons. The van der Waals surface area contributed by atoms with Crippen LogP contribution in [0, 0.1) is 11.7 Å². The predicted molar refractivity (Wildman–Crippen MR) is 79.4 cm³/mol. The molecule has 1 aromatic carbocycles. The van der Waals surface area contributed by atoms with Gasteiger partial charge in [-0.3, -0.25) is 0 Å². The quantitative estimate of drug-likeness (QED) is 0.773. The monoisotopic (exact) mass is 268 g/mol. The number of nitrogens with one attached hydrogen (secondary N) is 1. The summed E-state index contributed by atoms with van der Waals surface area (Å²) in [5.41, 5.74) is 6.58. The van der Waals surface area contributed by atoms with E-state index in [4.69, 9.17) is 18.0 Å². The minimum Gasteiger partial charge on any atom is -0.389 e. The number of hydrogen-bond acceptors (Lipinski definition) is 2. The second-order valence-corrected chi connectivity index (χ2v) is 4.98. The normalized spacial score (nSPS) is 12.5. The fourth-order valence-corrected chi connectivity index (χ4v) is 2.46. The maximum atomic E-state index is 13.7. The molecular weight excluding hydrogens is 247 g/mol. The molecule has 4 heteroatoms. The van der Waals surface area contributed by atoms with Gasteiger partial charge < -0.3 is 11.1 Å². The van der Waals surface area contributed by atoms with Crippen LogP contribution in [-0.2, 0) is 0 Å². The first-order chi connectivity index (χ1) is 8.51. The second-order valence-electron chi connectivity index (χ2n) is 4.54. The number of thiocarbonyl (C=S) groups is 1. The molecule has 0 heterocycles. The lowest BCUT2D eigenvalue weighted by Crippen LogP contribution is -2.27. The summed E-state index contributed by atoms with van der Waals surface area (Å²) in [6.07, 6.45) is 2.17. The van der Waals surface area contributed by atoms with Gasteiger partial charge in [-0.05, 0) is 25.0 Å². The topological polar surface area (TPSA) is 38.0 Å². The molecule has 0 aliphatic carbocycles. The number of hydrogen-bond donors (Lipinski definition) is 2. The van der Waals surface area contributed by atoms with Gasteiger partial charge in [0.2, 0.25) is 0 Å². The summed E-state index contributed by atoms with van der Waals surface area (Å²) >= 11 is 4.91. The molecule has 100 valence electrons. The van der Waals surface area contributed by atoms with Gasteiger partial charge in [-0.15, -0.1) is 0 Å². The van der Waals surface area contributed by atoms with Gasteiger partial charge in [-0.1, -0.05) is 45.0 Å². The molecule has 0 saturated carbocycles. The van der Waals surface area contributed by atoms with Crippen molar-refractivity contribution in [1.82, 2.24) is 0 Å². The number of nitrogens with two attached hydrogens (primary N) is 1. The lowest BCUT2D eigenvalue weighted by atomic mass is 9.95. The molecule has 0 aromatic heterocycles.